The van der Waals surface area contributed by atoms with E-state index in [0.29, 0.717) is 11.9 Å². The van der Waals surface area contributed by atoms with Crippen molar-refractivity contribution >= 4 is 17.9 Å². The van der Waals surface area contributed by atoms with Crippen LogP contribution in [0.3, 0.4) is 0 Å². The Balaban J connectivity index is 1.44. The van der Waals surface area contributed by atoms with Crippen LogP contribution in [0.4, 0.5) is 5.95 Å². The van der Waals surface area contributed by atoms with Gasteiger partial charge in [-0.2, -0.15) is 5.10 Å². The Kier molecular flexibility index (Phi) is 5.99. The van der Waals surface area contributed by atoms with Gasteiger partial charge in [0.05, 0.1) is 0 Å². The van der Waals surface area contributed by atoms with Crippen molar-refractivity contribution in [1.82, 2.24) is 24.6 Å². The lowest BCUT2D eigenvalue weighted by Gasteiger charge is -2.31. The van der Waals surface area contributed by atoms with E-state index in [-0.39, 0.29) is 5.91 Å². The molecule has 26 heavy (non-hydrogen) atoms. The number of rotatable bonds is 6. The fourth-order valence-corrected chi connectivity index (χ4v) is 3.11. The molecule has 0 aromatic carbocycles. The molecule has 0 unspecified atom stereocenters. The predicted molar refractivity (Wildman–Crippen MR) is 102 cm³/mol. The molecule has 0 spiro atoms. The third-order valence-corrected chi connectivity index (χ3v) is 4.73. The van der Waals surface area contributed by atoms with Crippen molar-refractivity contribution in [3.05, 3.63) is 42.5 Å². The highest BCUT2D eigenvalue weighted by atomic mass is 16.2. The van der Waals surface area contributed by atoms with Crippen molar-refractivity contribution in [3.8, 4) is 0 Å². The Morgan fingerprint density at radius 1 is 1.27 bits per heavy atom. The number of hydrogen-bond donors (Lipinski definition) is 0. The molecule has 7 heteroatoms. The van der Waals surface area contributed by atoms with Crippen LogP contribution in [-0.2, 0) is 11.3 Å². The molecule has 0 radical (unpaired) electrons. The molecule has 0 N–H and O–H groups in total. The van der Waals surface area contributed by atoms with Gasteiger partial charge in [-0.1, -0.05) is 0 Å². The van der Waals surface area contributed by atoms with E-state index in [9.17, 15) is 4.79 Å². The highest BCUT2D eigenvalue weighted by Crippen LogP contribution is 2.21. The minimum absolute atomic E-state index is 0.0622. The lowest BCUT2D eigenvalue weighted by molar-refractivity contribution is -0.127. The molecule has 2 aromatic heterocycles. The second kappa shape index (κ2) is 8.60. The summed E-state index contributed by atoms with van der Waals surface area (Å²) in [7, 11) is 3.79. The maximum Gasteiger partial charge on any atom is 0.246 e. The minimum Gasteiger partial charge on any atom is -0.347 e. The zero-order valence-corrected chi connectivity index (χ0v) is 15.5. The van der Waals surface area contributed by atoms with Crippen LogP contribution in [0.5, 0.6) is 0 Å². The molecule has 1 amide bonds. The summed E-state index contributed by atoms with van der Waals surface area (Å²) in [4.78, 5) is 24.6. The Morgan fingerprint density at radius 3 is 2.62 bits per heavy atom. The van der Waals surface area contributed by atoms with Gasteiger partial charge in [-0.15, -0.1) is 0 Å². The quantitative estimate of drug-likeness (QED) is 0.743. The van der Waals surface area contributed by atoms with E-state index in [2.05, 4.69) is 15.1 Å². The Bertz CT molecular complexity index is 715. The van der Waals surface area contributed by atoms with Gasteiger partial charge in [-0.05, 0) is 37.3 Å². The predicted octanol–water partition coefficient (Wildman–Crippen LogP) is 2.08. The Morgan fingerprint density at radius 2 is 2.00 bits per heavy atom. The first kappa shape index (κ1) is 18.1. The van der Waals surface area contributed by atoms with E-state index in [4.69, 9.17) is 0 Å². The molecule has 1 saturated heterocycles. The van der Waals surface area contributed by atoms with Crippen LogP contribution >= 0.6 is 0 Å². The first-order valence-corrected chi connectivity index (χ1v) is 9.05. The Labute approximate surface area is 154 Å². The third-order valence-electron chi connectivity index (χ3n) is 4.73. The molecule has 0 bridgehead atoms. The van der Waals surface area contributed by atoms with Crippen molar-refractivity contribution in [2.45, 2.75) is 25.8 Å². The molecule has 3 heterocycles. The summed E-state index contributed by atoms with van der Waals surface area (Å²) in [5.74, 6) is 1.39. The number of anilines is 1. The number of aryl methyl sites for hydroxylation is 1. The molecule has 2 aromatic rings. The summed E-state index contributed by atoms with van der Waals surface area (Å²) in [6.07, 6.45) is 13.9. The van der Waals surface area contributed by atoms with Gasteiger partial charge in [-0.3, -0.25) is 9.48 Å². The summed E-state index contributed by atoms with van der Waals surface area (Å²) >= 11 is 0. The number of amides is 1. The van der Waals surface area contributed by atoms with Gasteiger partial charge in [0.25, 0.3) is 0 Å². The van der Waals surface area contributed by atoms with Crippen molar-refractivity contribution in [3.63, 3.8) is 0 Å². The highest BCUT2D eigenvalue weighted by molar-refractivity contribution is 5.91. The zero-order valence-electron chi connectivity index (χ0n) is 15.5. The van der Waals surface area contributed by atoms with E-state index in [1.807, 2.05) is 47.0 Å². The normalized spacial score (nSPS) is 15.5. The first-order chi connectivity index (χ1) is 12.6. The van der Waals surface area contributed by atoms with Crippen molar-refractivity contribution in [2.24, 2.45) is 5.92 Å². The number of aromatic nitrogens is 4. The molecule has 138 valence electrons. The number of carbonyl (C=O) groups is 1. The average Bonchev–Trinajstić information content (AvgIpc) is 3.19. The van der Waals surface area contributed by atoms with Gasteiger partial charge in [0, 0.05) is 70.2 Å². The van der Waals surface area contributed by atoms with E-state index < -0.39 is 0 Å². The molecule has 1 aliphatic rings. The molecular formula is C19H26N6O. The van der Waals surface area contributed by atoms with Gasteiger partial charge in [0.2, 0.25) is 11.9 Å². The second-order valence-electron chi connectivity index (χ2n) is 6.87. The van der Waals surface area contributed by atoms with Crippen LogP contribution in [-0.4, -0.2) is 57.7 Å². The van der Waals surface area contributed by atoms with Crippen molar-refractivity contribution in [1.29, 1.82) is 0 Å². The average molecular weight is 354 g/mol. The number of nitrogens with zero attached hydrogens (tertiary/aromatic N) is 6. The lowest BCUT2D eigenvalue weighted by atomic mass is 9.93. The summed E-state index contributed by atoms with van der Waals surface area (Å²) < 4.78 is 1.98. The van der Waals surface area contributed by atoms with Gasteiger partial charge < -0.3 is 9.80 Å². The molecule has 3 rings (SSSR count). The van der Waals surface area contributed by atoms with Gasteiger partial charge >= 0.3 is 0 Å². The lowest BCUT2D eigenvalue weighted by Crippen LogP contribution is -2.37. The summed E-state index contributed by atoms with van der Waals surface area (Å²) in [6.45, 7) is 2.60. The van der Waals surface area contributed by atoms with Crippen LogP contribution in [0.25, 0.3) is 6.08 Å². The molecule has 1 fully saturated rings. The minimum atomic E-state index is 0.0622. The standard InChI is InChI=1S/C19H26N6O/c1-23(2)19-20-14-17(15-21-19)4-5-18(26)24-11-6-16(7-12-24)8-13-25-10-3-9-22-25/h3-5,9-10,14-16H,6-8,11-13H2,1-2H3/b5-4+. The van der Waals surface area contributed by atoms with Crippen LogP contribution in [0.15, 0.2) is 36.9 Å². The number of carbonyl (C=O) groups excluding carboxylic acids is 1. The summed E-state index contributed by atoms with van der Waals surface area (Å²) in [6, 6.07) is 1.95. The van der Waals surface area contributed by atoms with E-state index in [1.54, 1.807) is 24.5 Å². The Hall–Kier alpha value is -2.70. The first-order valence-electron chi connectivity index (χ1n) is 9.05. The zero-order chi connectivity index (χ0) is 18.4. The topological polar surface area (TPSA) is 67.2 Å². The number of hydrogen-bond acceptors (Lipinski definition) is 5. The van der Waals surface area contributed by atoms with Crippen molar-refractivity contribution < 1.29 is 4.79 Å². The molecule has 0 atom stereocenters. The van der Waals surface area contributed by atoms with Gasteiger partial charge in [0.15, 0.2) is 0 Å². The maximum absolute atomic E-state index is 12.4. The van der Waals surface area contributed by atoms with Crippen molar-refractivity contribution in [2.75, 3.05) is 32.1 Å². The van der Waals surface area contributed by atoms with E-state index in [0.717, 1.165) is 44.5 Å². The molecule has 0 saturated carbocycles. The summed E-state index contributed by atoms with van der Waals surface area (Å²) in [5, 5.41) is 4.24. The second-order valence-corrected chi connectivity index (χ2v) is 6.87. The fraction of sp³-hybridized carbons (Fsp3) is 0.474. The number of likely N-dealkylation sites (tertiary alicyclic amines) is 1. The smallest absolute Gasteiger partial charge is 0.246 e. The number of piperidine rings is 1. The van der Waals surface area contributed by atoms with Gasteiger partial charge in [0.1, 0.15) is 0 Å². The largest absolute Gasteiger partial charge is 0.347 e. The van der Waals surface area contributed by atoms with Gasteiger partial charge in [-0.25, -0.2) is 9.97 Å². The molecule has 1 aliphatic heterocycles. The van der Waals surface area contributed by atoms with Crippen LogP contribution < -0.4 is 4.90 Å². The van der Waals surface area contributed by atoms with E-state index >= 15 is 0 Å². The van der Waals surface area contributed by atoms with Crippen LogP contribution in [0, 0.1) is 5.92 Å². The summed E-state index contributed by atoms with van der Waals surface area (Å²) in [5.41, 5.74) is 0.832. The molecular weight excluding hydrogens is 328 g/mol. The van der Waals surface area contributed by atoms with E-state index in [1.165, 1.54) is 0 Å². The molecule has 7 nitrogen and oxygen atoms in total. The highest BCUT2D eigenvalue weighted by Gasteiger charge is 2.21. The SMILES string of the molecule is CN(C)c1ncc(/C=C/C(=O)N2CCC(CCn3cccn3)CC2)cn1. The van der Waals surface area contributed by atoms with Crippen LogP contribution in [0.1, 0.15) is 24.8 Å². The maximum atomic E-state index is 12.4. The monoisotopic (exact) mass is 354 g/mol. The van der Waals surface area contributed by atoms with Crippen LogP contribution in [0.2, 0.25) is 0 Å². The third kappa shape index (κ3) is 4.91. The molecule has 0 aliphatic carbocycles. The fourth-order valence-electron chi connectivity index (χ4n) is 3.11.